The van der Waals surface area contributed by atoms with Gasteiger partial charge in [0.25, 0.3) is 0 Å². The Morgan fingerprint density at radius 2 is 2.16 bits per heavy atom. The van der Waals surface area contributed by atoms with Crippen LogP contribution in [0.2, 0.25) is 0 Å². The highest BCUT2D eigenvalue weighted by molar-refractivity contribution is 5.78. The summed E-state index contributed by atoms with van der Waals surface area (Å²) < 4.78 is 6.74. The van der Waals surface area contributed by atoms with Crippen molar-refractivity contribution in [1.82, 2.24) is 14.9 Å². The van der Waals surface area contributed by atoms with E-state index in [4.69, 9.17) is 4.74 Å². The number of rotatable bonds is 5. The lowest BCUT2D eigenvalue weighted by atomic mass is 10.1. The van der Waals surface area contributed by atoms with E-state index in [1.165, 1.54) is 7.11 Å². The number of imidazole rings is 1. The molecule has 0 saturated heterocycles. The molecule has 1 heterocycles. The third kappa shape index (κ3) is 3.20. The van der Waals surface area contributed by atoms with Crippen molar-refractivity contribution in [2.75, 3.05) is 13.7 Å². The molecule has 5 nitrogen and oxygen atoms in total. The van der Waals surface area contributed by atoms with E-state index in [0.717, 1.165) is 11.4 Å². The Hall–Kier alpha value is -2.14. The van der Waals surface area contributed by atoms with E-state index in [-0.39, 0.29) is 18.6 Å². The van der Waals surface area contributed by atoms with Gasteiger partial charge in [0.15, 0.2) is 0 Å². The van der Waals surface area contributed by atoms with Crippen molar-refractivity contribution in [3.8, 4) is 0 Å². The second kappa shape index (κ2) is 6.15. The molecule has 100 valence electrons. The molecule has 1 aromatic carbocycles. The van der Waals surface area contributed by atoms with Gasteiger partial charge in [0.1, 0.15) is 18.5 Å². The van der Waals surface area contributed by atoms with Crippen molar-refractivity contribution in [2.24, 2.45) is 7.05 Å². The van der Waals surface area contributed by atoms with E-state index in [9.17, 15) is 4.79 Å². The molecule has 0 radical (unpaired) electrons. The molecule has 0 spiro atoms. The van der Waals surface area contributed by atoms with E-state index >= 15 is 0 Å². The van der Waals surface area contributed by atoms with Crippen molar-refractivity contribution in [2.45, 2.75) is 6.04 Å². The molecule has 1 amide bonds. The Bertz CT molecular complexity index is 537. The molecule has 1 N–H and O–H groups in total. The monoisotopic (exact) mass is 259 g/mol. The van der Waals surface area contributed by atoms with Crippen molar-refractivity contribution in [3.63, 3.8) is 0 Å². The Labute approximate surface area is 112 Å². The highest BCUT2D eigenvalue weighted by Crippen LogP contribution is 2.19. The van der Waals surface area contributed by atoms with Crippen LogP contribution in [0.4, 0.5) is 0 Å². The maximum atomic E-state index is 11.8. The number of ether oxygens (including phenoxy) is 1. The molecule has 19 heavy (non-hydrogen) atoms. The first-order valence-corrected chi connectivity index (χ1v) is 6.03. The van der Waals surface area contributed by atoms with Crippen LogP contribution in [0.5, 0.6) is 0 Å². The number of hydrogen-bond donors (Lipinski definition) is 1. The van der Waals surface area contributed by atoms with E-state index in [0.29, 0.717) is 0 Å². The average Bonchev–Trinajstić information content (AvgIpc) is 2.83. The minimum absolute atomic E-state index is 0.0355. The zero-order valence-corrected chi connectivity index (χ0v) is 11.0. The highest BCUT2D eigenvalue weighted by Gasteiger charge is 2.20. The maximum absolute atomic E-state index is 11.8. The molecular formula is C14H17N3O2. The lowest BCUT2D eigenvalue weighted by molar-refractivity contribution is -0.125. The normalized spacial score (nSPS) is 12.1. The summed E-state index contributed by atoms with van der Waals surface area (Å²) >= 11 is 0. The summed E-state index contributed by atoms with van der Waals surface area (Å²) in [6, 6.07) is 9.47. The summed E-state index contributed by atoms with van der Waals surface area (Å²) in [5.41, 5.74) is 0.987. The van der Waals surface area contributed by atoms with E-state index in [1.54, 1.807) is 6.20 Å². The number of benzene rings is 1. The fourth-order valence-electron chi connectivity index (χ4n) is 1.93. The Morgan fingerprint density at radius 3 is 2.74 bits per heavy atom. The smallest absolute Gasteiger partial charge is 0.246 e. The van der Waals surface area contributed by atoms with Crippen LogP contribution < -0.4 is 5.32 Å². The summed E-state index contributed by atoms with van der Waals surface area (Å²) in [6.45, 7) is 0.0355. The highest BCUT2D eigenvalue weighted by atomic mass is 16.5. The summed E-state index contributed by atoms with van der Waals surface area (Å²) in [5, 5.41) is 2.93. The predicted octanol–water partition coefficient (Wildman–Crippen LogP) is 1.27. The van der Waals surface area contributed by atoms with Crippen LogP contribution in [-0.2, 0) is 16.6 Å². The largest absolute Gasteiger partial charge is 0.375 e. The van der Waals surface area contributed by atoms with Crippen LogP contribution in [0.3, 0.4) is 0 Å². The van der Waals surface area contributed by atoms with Gasteiger partial charge in [-0.25, -0.2) is 4.98 Å². The minimum Gasteiger partial charge on any atom is -0.375 e. The van der Waals surface area contributed by atoms with Gasteiger partial charge in [0, 0.05) is 26.6 Å². The Kier molecular flexibility index (Phi) is 4.30. The average molecular weight is 259 g/mol. The first kappa shape index (κ1) is 13.3. The van der Waals surface area contributed by atoms with Crippen LogP contribution in [0, 0.1) is 0 Å². The third-order valence-electron chi connectivity index (χ3n) is 2.83. The molecule has 0 fully saturated rings. The van der Waals surface area contributed by atoms with Crippen molar-refractivity contribution < 1.29 is 9.53 Å². The number of aromatic nitrogens is 2. The number of carbonyl (C=O) groups is 1. The zero-order chi connectivity index (χ0) is 13.7. The molecule has 1 atom stereocenters. The van der Waals surface area contributed by atoms with Gasteiger partial charge in [0.05, 0.1) is 0 Å². The van der Waals surface area contributed by atoms with Gasteiger partial charge in [0.2, 0.25) is 5.91 Å². The zero-order valence-electron chi connectivity index (χ0n) is 11.0. The van der Waals surface area contributed by atoms with E-state index < -0.39 is 0 Å². The lowest BCUT2D eigenvalue weighted by Gasteiger charge is -2.18. The lowest BCUT2D eigenvalue weighted by Crippen LogP contribution is -2.33. The van der Waals surface area contributed by atoms with Crippen LogP contribution in [-0.4, -0.2) is 29.2 Å². The van der Waals surface area contributed by atoms with Crippen LogP contribution >= 0.6 is 0 Å². The molecule has 1 unspecified atom stereocenters. The standard InChI is InChI=1S/C14H17N3O2/c1-17-9-8-15-14(17)13(16-12(18)10-19-2)11-6-4-3-5-7-11/h3-9,13H,10H2,1-2H3,(H,16,18). The molecule has 0 saturated carbocycles. The number of nitrogens with zero attached hydrogens (tertiary/aromatic N) is 2. The molecule has 0 aliphatic heterocycles. The SMILES string of the molecule is COCC(=O)NC(c1ccccc1)c1nccn1C. The van der Waals surface area contributed by atoms with Gasteiger partial charge in [-0.1, -0.05) is 30.3 Å². The van der Waals surface area contributed by atoms with Crippen molar-refractivity contribution >= 4 is 5.91 Å². The fraction of sp³-hybridized carbons (Fsp3) is 0.286. The maximum Gasteiger partial charge on any atom is 0.246 e. The first-order chi connectivity index (χ1) is 9.22. The topological polar surface area (TPSA) is 56.1 Å². The molecule has 0 aliphatic rings. The summed E-state index contributed by atoms with van der Waals surface area (Å²) in [4.78, 5) is 16.1. The number of hydrogen-bond acceptors (Lipinski definition) is 3. The molecule has 0 bridgehead atoms. The fourth-order valence-corrected chi connectivity index (χ4v) is 1.93. The quantitative estimate of drug-likeness (QED) is 0.879. The molecule has 2 rings (SSSR count). The number of amides is 1. The number of methoxy groups -OCH3 is 1. The molecule has 0 aliphatic carbocycles. The van der Waals surface area contributed by atoms with Crippen LogP contribution in [0.25, 0.3) is 0 Å². The van der Waals surface area contributed by atoms with Crippen LogP contribution in [0.1, 0.15) is 17.4 Å². The van der Waals surface area contributed by atoms with Crippen molar-refractivity contribution in [1.29, 1.82) is 0 Å². The van der Waals surface area contributed by atoms with E-state index in [1.807, 2.05) is 48.1 Å². The number of nitrogens with one attached hydrogen (secondary N) is 1. The first-order valence-electron chi connectivity index (χ1n) is 6.03. The Balaban J connectivity index is 2.29. The van der Waals surface area contributed by atoms with Gasteiger partial charge in [-0.3, -0.25) is 4.79 Å². The molecular weight excluding hydrogens is 242 g/mol. The predicted molar refractivity (Wildman–Crippen MR) is 71.5 cm³/mol. The van der Waals surface area contributed by atoms with Crippen molar-refractivity contribution in [3.05, 3.63) is 54.1 Å². The van der Waals surface area contributed by atoms with Gasteiger partial charge in [-0.2, -0.15) is 0 Å². The van der Waals surface area contributed by atoms with Gasteiger partial charge >= 0.3 is 0 Å². The number of aryl methyl sites for hydroxylation is 1. The molecule has 1 aromatic heterocycles. The summed E-state index contributed by atoms with van der Waals surface area (Å²) in [6.07, 6.45) is 3.57. The third-order valence-corrected chi connectivity index (χ3v) is 2.83. The second-order valence-corrected chi connectivity index (χ2v) is 4.24. The molecule has 2 aromatic rings. The summed E-state index contributed by atoms with van der Waals surface area (Å²) in [5.74, 6) is 0.620. The number of carbonyl (C=O) groups excluding carboxylic acids is 1. The van der Waals surface area contributed by atoms with E-state index in [2.05, 4.69) is 10.3 Å². The van der Waals surface area contributed by atoms with Gasteiger partial charge in [-0.05, 0) is 5.56 Å². The minimum atomic E-state index is -0.274. The van der Waals surface area contributed by atoms with Crippen LogP contribution in [0.15, 0.2) is 42.7 Å². The molecule has 5 heteroatoms. The summed E-state index contributed by atoms with van der Waals surface area (Å²) in [7, 11) is 3.40. The Morgan fingerprint density at radius 1 is 1.42 bits per heavy atom. The van der Waals surface area contributed by atoms with Gasteiger partial charge < -0.3 is 14.6 Å². The van der Waals surface area contributed by atoms with Gasteiger partial charge in [-0.15, -0.1) is 0 Å². The second-order valence-electron chi connectivity index (χ2n) is 4.24.